The Morgan fingerprint density at radius 1 is 1.62 bits per heavy atom. The highest BCUT2D eigenvalue weighted by molar-refractivity contribution is 5.81. The number of anilines is 2. The molecule has 1 saturated heterocycles. The predicted octanol–water partition coefficient (Wildman–Crippen LogP) is 2.16. The summed E-state index contributed by atoms with van der Waals surface area (Å²) >= 11 is 0. The molecular formula is C11H15N3O2. The minimum absolute atomic E-state index is 0.364. The number of hydrogen-bond donors (Lipinski definition) is 2. The first kappa shape index (κ1) is 10.7. The molecule has 0 spiro atoms. The third-order valence-corrected chi connectivity index (χ3v) is 2.87. The summed E-state index contributed by atoms with van der Waals surface area (Å²) in [5.74, 6) is 0.364. The van der Waals surface area contributed by atoms with E-state index in [-0.39, 0.29) is 0 Å². The number of rotatable bonds is 2. The van der Waals surface area contributed by atoms with Crippen LogP contribution in [-0.2, 0) is 0 Å². The van der Waals surface area contributed by atoms with Crippen LogP contribution in [0.1, 0.15) is 19.8 Å². The highest BCUT2D eigenvalue weighted by Crippen LogP contribution is 2.24. The first-order valence-corrected chi connectivity index (χ1v) is 5.39. The Morgan fingerprint density at radius 2 is 2.44 bits per heavy atom. The predicted molar refractivity (Wildman–Crippen MR) is 61.9 cm³/mol. The quantitative estimate of drug-likeness (QED) is 0.803. The van der Waals surface area contributed by atoms with E-state index in [2.05, 4.69) is 22.1 Å². The van der Waals surface area contributed by atoms with Crippen LogP contribution >= 0.6 is 0 Å². The lowest BCUT2D eigenvalue weighted by atomic mass is 10.2. The summed E-state index contributed by atoms with van der Waals surface area (Å²) in [7, 11) is 0. The van der Waals surface area contributed by atoms with Gasteiger partial charge in [-0.15, -0.1) is 0 Å². The van der Waals surface area contributed by atoms with Crippen molar-refractivity contribution in [3.63, 3.8) is 0 Å². The lowest BCUT2D eigenvalue weighted by Crippen LogP contribution is -2.26. The molecule has 0 radical (unpaired) electrons. The standard InChI is InChI=1S/C11H15N3O2/c1-8-3-2-6-14(8)9-4-5-10(12-7-9)13-11(15)16/h4-5,7-8H,2-3,6H2,1H3,(H,12,13)(H,15,16)/t8-/m1/s1. The average molecular weight is 221 g/mol. The van der Waals surface area contributed by atoms with Gasteiger partial charge in [0, 0.05) is 12.6 Å². The lowest BCUT2D eigenvalue weighted by Gasteiger charge is -2.23. The zero-order valence-electron chi connectivity index (χ0n) is 9.18. The summed E-state index contributed by atoms with van der Waals surface area (Å²) in [4.78, 5) is 16.8. The summed E-state index contributed by atoms with van der Waals surface area (Å²) in [6.45, 7) is 3.24. The van der Waals surface area contributed by atoms with Crippen LogP contribution < -0.4 is 10.2 Å². The third-order valence-electron chi connectivity index (χ3n) is 2.87. The van der Waals surface area contributed by atoms with E-state index in [4.69, 9.17) is 5.11 Å². The SMILES string of the molecule is C[C@@H]1CCCN1c1ccc(NC(=O)O)nc1. The van der Waals surface area contributed by atoms with Crippen molar-refractivity contribution in [1.82, 2.24) is 4.98 Å². The van der Waals surface area contributed by atoms with Crippen molar-refractivity contribution in [2.75, 3.05) is 16.8 Å². The molecule has 0 aliphatic carbocycles. The summed E-state index contributed by atoms with van der Waals surface area (Å²) in [5, 5.41) is 10.7. The Labute approximate surface area is 94.1 Å². The fourth-order valence-corrected chi connectivity index (χ4v) is 2.06. The summed E-state index contributed by atoms with van der Waals surface area (Å²) in [6.07, 6.45) is 3.04. The average Bonchev–Trinajstić information content (AvgIpc) is 2.65. The van der Waals surface area contributed by atoms with Gasteiger partial charge in [0.1, 0.15) is 5.82 Å². The number of carbonyl (C=O) groups is 1. The molecule has 0 bridgehead atoms. The first-order valence-electron chi connectivity index (χ1n) is 5.39. The van der Waals surface area contributed by atoms with E-state index in [9.17, 15) is 4.79 Å². The molecule has 2 N–H and O–H groups in total. The zero-order valence-corrected chi connectivity index (χ0v) is 9.18. The highest BCUT2D eigenvalue weighted by Gasteiger charge is 2.20. The van der Waals surface area contributed by atoms with Gasteiger partial charge in [-0.25, -0.2) is 9.78 Å². The van der Waals surface area contributed by atoms with Gasteiger partial charge in [-0.3, -0.25) is 5.32 Å². The number of carboxylic acid groups (broad SMARTS) is 1. The van der Waals surface area contributed by atoms with Crippen LogP contribution in [0, 0.1) is 0 Å². The van der Waals surface area contributed by atoms with Crippen molar-refractivity contribution in [2.24, 2.45) is 0 Å². The molecule has 0 saturated carbocycles. The Morgan fingerprint density at radius 3 is 2.94 bits per heavy atom. The van der Waals surface area contributed by atoms with Crippen molar-refractivity contribution in [1.29, 1.82) is 0 Å². The number of aromatic nitrogens is 1. The summed E-state index contributed by atoms with van der Waals surface area (Å²) in [6, 6.07) is 4.13. The molecule has 1 atom stereocenters. The Bertz CT molecular complexity index is 377. The van der Waals surface area contributed by atoms with Crippen LogP contribution in [0.3, 0.4) is 0 Å². The molecule has 16 heavy (non-hydrogen) atoms. The Kier molecular flexibility index (Phi) is 2.94. The monoisotopic (exact) mass is 221 g/mol. The van der Waals surface area contributed by atoms with E-state index in [0.29, 0.717) is 11.9 Å². The van der Waals surface area contributed by atoms with Gasteiger partial charge in [0.25, 0.3) is 0 Å². The third kappa shape index (κ3) is 2.24. The van der Waals surface area contributed by atoms with Gasteiger partial charge in [0.15, 0.2) is 0 Å². The van der Waals surface area contributed by atoms with Gasteiger partial charge >= 0.3 is 6.09 Å². The molecule has 1 fully saturated rings. The minimum atomic E-state index is -1.09. The molecular weight excluding hydrogens is 206 g/mol. The molecule has 86 valence electrons. The second-order valence-electron chi connectivity index (χ2n) is 4.02. The number of hydrogen-bond acceptors (Lipinski definition) is 3. The molecule has 0 unspecified atom stereocenters. The summed E-state index contributed by atoms with van der Waals surface area (Å²) < 4.78 is 0. The molecule has 1 aromatic heterocycles. The maximum atomic E-state index is 10.4. The van der Waals surface area contributed by atoms with Crippen molar-refractivity contribution in [3.05, 3.63) is 18.3 Å². The zero-order chi connectivity index (χ0) is 11.5. The topological polar surface area (TPSA) is 65.5 Å². The van der Waals surface area contributed by atoms with E-state index in [1.807, 2.05) is 6.07 Å². The van der Waals surface area contributed by atoms with Gasteiger partial charge in [-0.2, -0.15) is 0 Å². The van der Waals surface area contributed by atoms with E-state index in [0.717, 1.165) is 12.2 Å². The Balaban J connectivity index is 2.09. The van der Waals surface area contributed by atoms with Gasteiger partial charge in [0.2, 0.25) is 0 Å². The van der Waals surface area contributed by atoms with Gasteiger partial charge in [0.05, 0.1) is 11.9 Å². The van der Waals surface area contributed by atoms with Crippen LogP contribution in [0.5, 0.6) is 0 Å². The lowest BCUT2D eigenvalue weighted by molar-refractivity contribution is 0.209. The molecule has 1 aromatic rings. The van der Waals surface area contributed by atoms with Crippen LogP contribution in [0.2, 0.25) is 0 Å². The highest BCUT2D eigenvalue weighted by atomic mass is 16.4. The van der Waals surface area contributed by atoms with Crippen LogP contribution in [0.15, 0.2) is 18.3 Å². The molecule has 2 rings (SSSR count). The normalized spacial score (nSPS) is 19.8. The Hall–Kier alpha value is -1.78. The number of nitrogens with one attached hydrogen (secondary N) is 1. The van der Waals surface area contributed by atoms with Crippen molar-refractivity contribution in [3.8, 4) is 0 Å². The second kappa shape index (κ2) is 4.38. The molecule has 1 aliphatic rings. The van der Waals surface area contributed by atoms with E-state index in [1.165, 1.54) is 12.8 Å². The molecule has 5 nitrogen and oxygen atoms in total. The molecule has 1 aliphatic heterocycles. The first-order chi connectivity index (χ1) is 7.66. The maximum Gasteiger partial charge on any atom is 0.410 e. The van der Waals surface area contributed by atoms with Crippen LogP contribution in [0.4, 0.5) is 16.3 Å². The minimum Gasteiger partial charge on any atom is -0.465 e. The van der Waals surface area contributed by atoms with E-state index in [1.54, 1.807) is 12.3 Å². The van der Waals surface area contributed by atoms with Crippen LogP contribution in [0.25, 0.3) is 0 Å². The number of amides is 1. The second-order valence-corrected chi connectivity index (χ2v) is 4.02. The van der Waals surface area contributed by atoms with Crippen molar-refractivity contribution < 1.29 is 9.90 Å². The maximum absolute atomic E-state index is 10.4. The van der Waals surface area contributed by atoms with E-state index < -0.39 is 6.09 Å². The number of pyridine rings is 1. The largest absolute Gasteiger partial charge is 0.465 e. The molecule has 0 aromatic carbocycles. The molecule has 1 amide bonds. The molecule has 2 heterocycles. The van der Waals surface area contributed by atoms with Gasteiger partial charge < -0.3 is 10.0 Å². The van der Waals surface area contributed by atoms with Gasteiger partial charge in [-0.05, 0) is 31.9 Å². The summed E-state index contributed by atoms with van der Waals surface area (Å²) in [5.41, 5.74) is 1.06. The molecule has 5 heteroatoms. The fraction of sp³-hybridized carbons (Fsp3) is 0.455. The number of nitrogens with zero attached hydrogens (tertiary/aromatic N) is 2. The van der Waals surface area contributed by atoms with Crippen LogP contribution in [-0.4, -0.2) is 28.8 Å². The fourth-order valence-electron chi connectivity index (χ4n) is 2.06. The van der Waals surface area contributed by atoms with Gasteiger partial charge in [-0.1, -0.05) is 0 Å². The smallest absolute Gasteiger partial charge is 0.410 e. The van der Waals surface area contributed by atoms with E-state index >= 15 is 0 Å². The van der Waals surface area contributed by atoms with Crippen molar-refractivity contribution in [2.45, 2.75) is 25.8 Å². The van der Waals surface area contributed by atoms with Crippen molar-refractivity contribution >= 4 is 17.6 Å².